The molecule has 0 amide bonds. The van der Waals surface area contributed by atoms with E-state index >= 15 is 0 Å². The van der Waals surface area contributed by atoms with Gasteiger partial charge in [0.05, 0.1) is 11.0 Å². The third kappa shape index (κ3) is 2.56. The number of nitro groups is 1. The molecule has 6 heteroatoms. The second-order valence-electron chi connectivity index (χ2n) is 4.15. The van der Waals surface area contributed by atoms with Crippen molar-refractivity contribution >= 4 is 11.5 Å². The van der Waals surface area contributed by atoms with Crippen molar-refractivity contribution in [1.29, 1.82) is 0 Å². The van der Waals surface area contributed by atoms with E-state index in [0.29, 0.717) is 11.5 Å². The third-order valence-electron chi connectivity index (χ3n) is 2.38. The van der Waals surface area contributed by atoms with E-state index in [1.54, 1.807) is 14.0 Å². The van der Waals surface area contributed by atoms with Crippen LogP contribution in [0.5, 0.6) is 0 Å². The number of anilines is 1. The van der Waals surface area contributed by atoms with Gasteiger partial charge in [-0.2, -0.15) is 5.10 Å². The first-order valence-corrected chi connectivity index (χ1v) is 5.32. The minimum atomic E-state index is -0.423. The van der Waals surface area contributed by atoms with Gasteiger partial charge in [-0.3, -0.25) is 10.1 Å². The Balaban J connectivity index is 3.29. The number of hydrogen-bond acceptors (Lipinski definition) is 4. The molecule has 1 aromatic rings. The smallest absolute Gasteiger partial charge is 0.334 e. The van der Waals surface area contributed by atoms with Crippen LogP contribution < -0.4 is 5.32 Å². The highest BCUT2D eigenvalue weighted by atomic mass is 16.6. The van der Waals surface area contributed by atoms with Gasteiger partial charge in [0.1, 0.15) is 5.69 Å². The normalized spacial score (nSPS) is 12.2. The third-order valence-corrected chi connectivity index (χ3v) is 2.38. The molecular weight excluding hydrogens is 220 g/mol. The van der Waals surface area contributed by atoms with Crippen molar-refractivity contribution in [3.63, 3.8) is 0 Å². The first-order valence-electron chi connectivity index (χ1n) is 5.32. The summed E-state index contributed by atoms with van der Waals surface area (Å²) in [6, 6.07) is -0.288. The number of nitrogens with one attached hydrogen (secondary N) is 1. The first-order chi connectivity index (χ1) is 7.88. The summed E-state index contributed by atoms with van der Waals surface area (Å²) in [4.78, 5) is 10.7. The highest BCUT2D eigenvalue weighted by Crippen LogP contribution is 2.32. The van der Waals surface area contributed by atoms with Gasteiger partial charge < -0.3 is 5.32 Å². The molecular formula is C11H16N4O2. The van der Waals surface area contributed by atoms with Crippen LogP contribution in [0.1, 0.15) is 32.4 Å². The van der Waals surface area contributed by atoms with Crippen LogP contribution in [0.25, 0.3) is 0 Å². The molecule has 0 aromatic carbocycles. The molecule has 0 fully saturated rings. The van der Waals surface area contributed by atoms with E-state index in [0.717, 1.165) is 0 Å². The van der Waals surface area contributed by atoms with E-state index in [9.17, 15) is 10.1 Å². The van der Waals surface area contributed by atoms with Crippen LogP contribution in [-0.4, -0.2) is 20.7 Å². The largest absolute Gasteiger partial charge is 0.351 e. The van der Waals surface area contributed by atoms with Crippen LogP contribution in [0.3, 0.4) is 0 Å². The molecule has 0 bridgehead atoms. The maximum Gasteiger partial charge on any atom is 0.334 e. The minimum Gasteiger partial charge on any atom is -0.351 e. The van der Waals surface area contributed by atoms with Gasteiger partial charge in [-0.05, 0) is 6.92 Å². The quantitative estimate of drug-likeness (QED) is 0.492. The number of rotatable bonds is 4. The van der Waals surface area contributed by atoms with E-state index in [-0.39, 0.29) is 17.6 Å². The molecule has 1 atom stereocenters. The van der Waals surface area contributed by atoms with Crippen LogP contribution in [0, 0.1) is 22.5 Å². The fourth-order valence-electron chi connectivity index (χ4n) is 1.51. The Morgan fingerprint density at radius 1 is 1.53 bits per heavy atom. The summed E-state index contributed by atoms with van der Waals surface area (Å²) >= 11 is 0. The summed E-state index contributed by atoms with van der Waals surface area (Å²) < 4.78 is 1.46. The molecule has 1 rings (SSSR count). The Hall–Kier alpha value is -2.03. The Labute approximate surface area is 100 Å². The maximum atomic E-state index is 11.1. The average molecular weight is 236 g/mol. The SMILES string of the molecule is C#CC(C)Nc1c([N+](=O)[O-])c(C(C)C)nn1C. The van der Waals surface area contributed by atoms with Gasteiger partial charge >= 0.3 is 5.69 Å². The summed E-state index contributed by atoms with van der Waals surface area (Å²) in [6.45, 7) is 5.49. The number of hydrogen-bond donors (Lipinski definition) is 1. The topological polar surface area (TPSA) is 73.0 Å². The van der Waals surface area contributed by atoms with Crippen molar-refractivity contribution in [2.24, 2.45) is 7.05 Å². The summed E-state index contributed by atoms with van der Waals surface area (Å²) in [5, 5.41) is 18.2. The zero-order valence-electron chi connectivity index (χ0n) is 10.4. The van der Waals surface area contributed by atoms with E-state index < -0.39 is 4.92 Å². The molecule has 1 heterocycles. The Kier molecular flexibility index (Phi) is 3.73. The summed E-state index contributed by atoms with van der Waals surface area (Å²) in [6.07, 6.45) is 5.25. The molecule has 1 unspecified atom stereocenters. The van der Waals surface area contributed by atoms with E-state index in [1.807, 2.05) is 13.8 Å². The van der Waals surface area contributed by atoms with Gasteiger partial charge in [-0.25, -0.2) is 4.68 Å². The summed E-state index contributed by atoms with van der Waals surface area (Å²) in [7, 11) is 1.66. The summed E-state index contributed by atoms with van der Waals surface area (Å²) in [5.41, 5.74) is 0.467. The van der Waals surface area contributed by atoms with E-state index in [4.69, 9.17) is 6.42 Å². The monoisotopic (exact) mass is 236 g/mol. The predicted octanol–water partition coefficient (Wildman–Crippen LogP) is 1.89. The molecule has 0 saturated heterocycles. The van der Waals surface area contributed by atoms with Crippen LogP contribution in [-0.2, 0) is 7.05 Å². The molecule has 0 radical (unpaired) electrons. The molecule has 1 aromatic heterocycles. The fraction of sp³-hybridized carbons (Fsp3) is 0.545. The molecule has 0 aliphatic heterocycles. The van der Waals surface area contributed by atoms with Crippen molar-refractivity contribution in [2.45, 2.75) is 32.7 Å². The highest BCUT2D eigenvalue weighted by molar-refractivity contribution is 5.61. The molecule has 0 aliphatic carbocycles. The van der Waals surface area contributed by atoms with Crippen LogP contribution in [0.15, 0.2) is 0 Å². The average Bonchev–Trinajstić information content (AvgIpc) is 2.56. The van der Waals surface area contributed by atoms with Crippen molar-refractivity contribution < 1.29 is 4.92 Å². The Bertz CT molecular complexity index is 471. The first kappa shape index (κ1) is 13.0. The second-order valence-corrected chi connectivity index (χ2v) is 4.15. The Morgan fingerprint density at radius 3 is 2.53 bits per heavy atom. The predicted molar refractivity (Wildman–Crippen MR) is 65.9 cm³/mol. The lowest BCUT2D eigenvalue weighted by atomic mass is 10.1. The van der Waals surface area contributed by atoms with Crippen molar-refractivity contribution in [2.75, 3.05) is 5.32 Å². The molecule has 0 saturated carbocycles. The van der Waals surface area contributed by atoms with Gasteiger partial charge in [0, 0.05) is 13.0 Å². The van der Waals surface area contributed by atoms with Gasteiger partial charge in [0.15, 0.2) is 0 Å². The maximum absolute atomic E-state index is 11.1. The van der Waals surface area contributed by atoms with Crippen molar-refractivity contribution in [3.05, 3.63) is 15.8 Å². The van der Waals surface area contributed by atoms with Crippen molar-refractivity contribution in [3.8, 4) is 12.3 Å². The van der Waals surface area contributed by atoms with Crippen molar-refractivity contribution in [1.82, 2.24) is 9.78 Å². The number of nitrogens with zero attached hydrogens (tertiary/aromatic N) is 3. The van der Waals surface area contributed by atoms with Gasteiger partial charge in [0.25, 0.3) is 0 Å². The van der Waals surface area contributed by atoms with Gasteiger partial charge in [0.2, 0.25) is 5.82 Å². The molecule has 0 aliphatic rings. The molecule has 92 valence electrons. The van der Waals surface area contributed by atoms with Crippen LogP contribution >= 0.6 is 0 Å². The standard InChI is InChI=1S/C11H16N4O2/c1-6-8(4)12-11-10(15(16)17)9(7(2)3)13-14(11)5/h1,7-8,12H,2-5H3. The second kappa shape index (κ2) is 4.87. The number of terminal acetylenes is 1. The van der Waals surface area contributed by atoms with E-state index in [1.165, 1.54) is 4.68 Å². The molecule has 17 heavy (non-hydrogen) atoms. The Morgan fingerprint density at radius 2 is 2.12 bits per heavy atom. The van der Waals surface area contributed by atoms with Crippen LogP contribution in [0.4, 0.5) is 11.5 Å². The lowest BCUT2D eigenvalue weighted by Crippen LogP contribution is -2.15. The summed E-state index contributed by atoms with van der Waals surface area (Å²) in [5.74, 6) is 2.81. The zero-order chi connectivity index (χ0) is 13.2. The lowest BCUT2D eigenvalue weighted by molar-refractivity contribution is -0.384. The minimum absolute atomic E-state index is 0.00426. The highest BCUT2D eigenvalue weighted by Gasteiger charge is 2.28. The number of aromatic nitrogens is 2. The van der Waals surface area contributed by atoms with E-state index in [2.05, 4.69) is 16.3 Å². The van der Waals surface area contributed by atoms with Gasteiger partial charge in [-0.1, -0.05) is 19.8 Å². The molecule has 0 spiro atoms. The number of aryl methyl sites for hydroxylation is 1. The molecule has 6 nitrogen and oxygen atoms in total. The zero-order valence-corrected chi connectivity index (χ0v) is 10.4. The fourth-order valence-corrected chi connectivity index (χ4v) is 1.51. The molecule has 1 N–H and O–H groups in total. The van der Waals surface area contributed by atoms with Crippen LogP contribution in [0.2, 0.25) is 0 Å². The van der Waals surface area contributed by atoms with Gasteiger partial charge in [-0.15, -0.1) is 6.42 Å². The lowest BCUT2D eigenvalue weighted by Gasteiger charge is -2.08.